The van der Waals surface area contributed by atoms with Gasteiger partial charge in [0.05, 0.1) is 5.56 Å². The number of hydrogen-bond donors (Lipinski definition) is 4. The maximum Gasteiger partial charge on any atom is 0.335 e. The van der Waals surface area contributed by atoms with Crippen molar-refractivity contribution in [1.29, 1.82) is 0 Å². The molecule has 7 nitrogen and oxygen atoms in total. The normalized spacial score (nSPS) is 9.78. The van der Waals surface area contributed by atoms with Crippen molar-refractivity contribution in [1.82, 2.24) is 0 Å². The van der Waals surface area contributed by atoms with Crippen LogP contribution in [0.15, 0.2) is 48.5 Å². The standard InChI is InChI=1S/C16H15N3O4/c1-10(20)17-13-3-2-4-14(9-13)19-16(23)18-12-7-5-11(6-8-12)15(21)22/h2-9H,1H3,(H,17,20)(H,21,22)(H2,18,19,23). The fraction of sp³-hybridized carbons (Fsp3) is 0.0625. The molecule has 7 heteroatoms. The molecule has 0 bridgehead atoms. The van der Waals surface area contributed by atoms with Crippen molar-refractivity contribution in [3.8, 4) is 0 Å². The molecular formula is C16H15N3O4. The Hall–Kier alpha value is -3.35. The smallest absolute Gasteiger partial charge is 0.335 e. The van der Waals surface area contributed by atoms with Crippen LogP contribution in [0.3, 0.4) is 0 Å². The number of carbonyl (C=O) groups excluding carboxylic acids is 2. The summed E-state index contributed by atoms with van der Waals surface area (Å²) in [6, 6.07) is 12.0. The Kier molecular flexibility index (Phi) is 4.93. The molecule has 2 rings (SSSR count). The first-order valence-corrected chi connectivity index (χ1v) is 6.73. The van der Waals surface area contributed by atoms with E-state index in [9.17, 15) is 14.4 Å². The first-order chi connectivity index (χ1) is 10.9. The van der Waals surface area contributed by atoms with E-state index in [0.717, 1.165) is 0 Å². The highest BCUT2D eigenvalue weighted by Gasteiger charge is 2.06. The number of hydrogen-bond acceptors (Lipinski definition) is 3. The van der Waals surface area contributed by atoms with Crippen molar-refractivity contribution in [2.75, 3.05) is 16.0 Å². The lowest BCUT2D eigenvalue weighted by Gasteiger charge is -2.09. The van der Waals surface area contributed by atoms with Gasteiger partial charge in [0.1, 0.15) is 0 Å². The van der Waals surface area contributed by atoms with Gasteiger partial charge >= 0.3 is 12.0 Å². The van der Waals surface area contributed by atoms with Gasteiger partial charge in [0, 0.05) is 24.0 Å². The summed E-state index contributed by atoms with van der Waals surface area (Å²) in [5, 5.41) is 16.6. The number of urea groups is 1. The molecule has 0 heterocycles. The molecule has 3 amide bonds. The zero-order chi connectivity index (χ0) is 16.8. The lowest BCUT2D eigenvalue weighted by atomic mass is 10.2. The molecule has 118 valence electrons. The lowest BCUT2D eigenvalue weighted by molar-refractivity contribution is -0.114. The second-order valence-electron chi connectivity index (χ2n) is 4.72. The van der Waals surface area contributed by atoms with Gasteiger partial charge in [-0.15, -0.1) is 0 Å². The van der Waals surface area contributed by atoms with E-state index in [1.807, 2.05) is 0 Å². The predicted octanol–water partition coefficient (Wildman–Crippen LogP) is 2.99. The van der Waals surface area contributed by atoms with E-state index in [-0.39, 0.29) is 11.5 Å². The monoisotopic (exact) mass is 313 g/mol. The Morgan fingerprint density at radius 1 is 0.826 bits per heavy atom. The molecule has 23 heavy (non-hydrogen) atoms. The molecule has 0 atom stereocenters. The molecule has 0 aliphatic heterocycles. The third kappa shape index (κ3) is 4.85. The highest BCUT2D eigenvalue weighted by Crippen LogP contribution is 2.16. The summed E-state index contributed by atoms with van der Waals surface area (Å²) < 4.78 is 0. The van der Waals surface area contributed by atoms with Crippen LogP contribution in [0.25, 0.3) is 0 Å². The second-order valence-corrected chi connectivity index (χ2v) is 4.72. The maximum absolute atomic E-state index is 11.9. The Bertz CT molecular complexity index is 741. The van der Waals surface area contributed by atoms with E-state index in [1.54, 1.807) is 24.3 Å². The van der Waals surface area contributed by atoms with Crippen LogP contribution < -0.4 is 16.0 Å². The van der Waals surface area contributed by atoms with E-state index >= 15 is 0 Å². The highest BCUT2D eigenvalue weighted by molar-refractivity contribution is 6.00. The van der Waals surface area contributed by atoms with Crippen LogP contribution in [0.5, 0.6) is 0 Å². The number of carbonyl (C=O) groups is 3. The number of rotatable bonds is 4. The predicted molar refractivity (Wildman–Crippen MR) is 86.8 cm³/mol. The Morgan fingerprint density at radius 2 is 1.39 bits per heavy atom. The zero-order valence-electron chi connectivity index (χ0n) is 12.3. The van der Waals surface area contributed by atoms with Gasteiger partial charge < -0.3 is 21.1 Å². The largest absolute Gasteiger partial charge is 0.478 e. The summed E-state index contributed by atoms with van der Waals surface area (Å²) in [5.41, 5.74) is 1.68. The molecule has 0 aliphatic rings. The topological polar surface area (TPSA) is 108 Å². The van der Waals surface area contributed by atoms with E-state index in [0.29, 0.717) is 17.1 Å². The first-order valence-electron chi connectivity index (χ1n) is 6.73. The van der Waals surface area contributed by atoms with Gasteiger partial charge in [-0.05, 0) is 42.5 Å². The average molecular weight is 313 g/mol. The fourth-order valence-electron chi connectivity index (χ4n) is 1.87. The summed E-state index contributed by atoms with van der Waals surface area (Å²) in [5.74, 6) is -1.24. The van der Waals surface area contributed by atoms with E-state index in [4.69, 9.17) is 5.11 Å². The minimum absolute atomic E-state index is 0.138. The number of carboxylic acids is 1. The van der Waals surface area contributed by atoms with E-state index in [2.05, 4.69) is 16.0 Å². The quantitative estimate of drug-likeness (QED) is 0.696. The SMILES string of the molecule is CC(=O)Nc1cccc(NC(=O)Nc2ccc(C(=O)O)cc2)c1. The third-order valence-corrected chi connectivity index (χ3v) is 2.83. The molecule has 2 aromatic rings. The summed E-state index contributed by atoms with van der Waals surface area (Å²) in [4.78, 5) is 33.7. The summed E-state index contributed by atoms with van der Waals surface area (Å²) in [7, 11) is 0. The number of aromatic carboxylic acids is 1. The highest BCUT2D eigenvalue weighted by atomic mass is 16.4. The molecule has 2 aromatic carbocycles. The van der Waals surface area contributed by atoms with Crippen molar-refractivity contribution in [2.24, 2.45) is 0 Å². The van der Waals surface area contributed by atoms with Crippen LogP contribution in [-0.4, -0.2) is 23.0 Å². The second kappa shape index (κ2) is 7.08. The van der Waals surface area contributed by atoms with Crippen LogP contribution in [0, 0.1) is 0 Å². The molecular weight excluding hydrogens is 298 g/mol. The molecule has 0 aromatic heterocycles. The van der Waals surface area contributed by atoms with Gasteiger partial charge in [0.25, 0.3) is 0 Å². The molecule has 0 saturated heterocycles. The van der Waals surface area contributed by atoms with Crippen LogP contribution in [0.1, 0.15) is 17.3 Å². The fourth-order valence-corrected chi connectivity index (χ4v) is 1.87. The molecule has 0 radical (unpaired) electrons. The van der Waals surface area contributed by atoms with Gasteiger partial charge in [-0.25, -0.2) is 9.59 Å². The van der Waals surface area contributed by atoms with Gasteiger partial charge in [0.2, 0.25) is 5.91 Å². The van der Waals surface area contributed by atoms with Crippen LogP contribution >= 0.6 is 0 Å². The minimum atomic E-state index is -1.03. The molecule has 0 unspecified atom stereocenters. The third-order valence-electron chi connectivity index (χ3n) is 2.83. The van der Waals surface area contributed by atoms with Crippen LogP contribution in [0.2, 0.25) is 0 Å². The zero-order valence-corrected chi connectivity index (χ0v) is 12.3. The van der Waals surface area contributed by atoms with Crippen molar-refractivity contribution >= 4 is 35.0 Å². The lowest BCUT2D eigenvalue weighted by Crippen LogP contribution is -2.19. The number of nitrogens with one attached hydrogen (secondary N) is 3. The van der Waals surface area contributed by atoms with Gasteiger partial charge in [-0.3, -0.25) is 4.79 Å². The Balaban J connectivity index is 1.99. The van der Waals surface area contributed by atoms with Gasteiger partial charge in [-0.2, -0.15) is 0 Å². The summed E-state index contributed by atoms with van der Waals surface area (Å²) in [6.07, 6.45) is 0. The maximum atomic E-state index is 11.9. The van der Waals surface area contributed by atoms with Crippen molar-refractivity contribution in [3.63, 3.8) is 0 Å². The van der Waals surface area contributed by atoms with E-state index < -0.39 is 12.0 Å². The molecule has 0 spiro atoms. The first kappa shape index (κ1) is 16.0. The van der Waals surface area contributed by atoms with Crippen LogP contribution in [-0.2, 0) is 4.79 Å². The number of benzene rings is 2. The van der Waals surface area contributed by atoms with Crippen molar-refractivity contribution < 1.29 is 19.5 Å². The molecule has 0 aliphatic carbocycles. The number of carboxylic acid groups (broad SMARTS) is 1. The number of anilines is 3. The van der Waals surface area contributed by atoms with Crippen molar-refractivity contribution in [2.45, 2.75) is 6.92 Å². The Labute approximate surface area is 132 Å². The molecule has 0 fully saturated rings. The Morgan fingerprint density at radius 3 is 1.96 bits per heavy atom. The minimum Gasteiger partial charge on any atom is -0.478 e. The average Bonchev–Trinajstić information content (AvgIpc) is 2.47. The number of amides is 3. The van der Waals surface area contributed by atoms with Gasteiger partial charge in [0.15, 0.2) is 0 Å². The summed E-state index contributed by atoms with van der Waals surface area (Å²) in [6.45, 7) is 1.40. The molecule has 4 N–H and O–H groups in total. The van der Waals surface area contributed by atoms with Crippen molar-refractivity contribution in [3.05, 3.63) is 54.1 Å². The molecule has 0 saturated carbocycles. The summed E-state index contributed by atoms with van der Waals surface area (Å²) >= 11 is 0. The van der Waals surface area contributed by atoms with Crippen LogP contribution in [0.4, 0.5) is 21.9 Å². The van der Waals surface area contributed by atoms with E-state index in [1.165, 1.54) is 31.2 Å². The van der Waals surface area contributed by atoms with Gasteiger partial charge in [-0.1, -0.05) is 6.07 Å².